The number of benzene rings is 2. The SMILES string of the molecule is CCNC(=O)/C(C#N)=C1\c2ccccc2Oc2ccc(C)cc21. The predicted molar refractivity (Wildman–Crippen MR) is 88.0 cm³/mol. The highest BCUT2D eigenvalue weighted by molar-refractivity contribution is 6.09. The number of nitriles is 1. The molecule has 0 spiro atoms. The fraction of sp³-hybridized carbons (Fsp3) is 0.158. The fourth-order valence-corrected chi connectivity index (χ4v) is 2.69. The van der Waals surface area contributed by atoms with Gasteiger partial charge in [0.05, 0.1) is 0 Å². The van der Waals surface area contributed by atoms with Gasteiger partial charge in [0.2, 0.25) is 0 Å². The van der Waals surface area contributed by atoms with E-state index in [-0.39, 0.29) is 11.5 Å². The fourth-order valence-electron chi connectivity index (χ4n) is 2.69. The van der Waals surface area contributed by atoms with Gasteiger partial charge in [0.25, 0.3) is 5.91 Å². The van der Waals surface area contributed by atoms with Gasteiger partial charge in [-0.15, -0.1) is 0 Å². The second-order valence-corrected chi connectivity index (χ2v) is 5.32. The average Bonchev–Trinajstić information content (AvgIpc) is 2.55. The number of carbonyl (C=O) groups excluding carboxylic acids is 1. The molecule has 0 saturated carbocycles. The first-order valence-corrected chi connectivity index (χ1v) is 7.46. The number of para-hydroxylation sites is 1. The molecule has 1 amide bonds. The highest BCUT2D eigenvalue weighted by atomic mass is 16.5. The monoisotopic (exact) mass is 304 g/mol. The standard InChI is InChI=1S/C19H16N2O2/c1-3-21-19(22)15(11-20)18-13-6-4-5-7-16(13)23-17-9-8-12(2)10-14(17)18/h4-10H,3H2,1-2H3,(H,21,22)/b18-15+. The molecule has 0 unspecified atom stereocenters. The molecule has 1 N–H and O–H groups in total. The van der Waals surface area contributed by atoms with Gasteiger partial charge in [-0.3, -0.25) is 4.79 Å². The maximum atomic E-state index is 12.3. The minimum Gasteiger partial charge on any atom is -0.456 e. The van der Waals surface area contributed by atoms with Crippen LogP contribution < -0.4 is 10.1 Å². The Morgan fingerprint density at radius 2 is 1.91 bits per heavy atom. The molecule has 1 aliphatic rings. The molecule has 2 aromatic carbocycles. The number of amides is 1. The van der Waals surface area contributed by atoms with Crippen molar-refractivity contribution in [2.75, 3.05) is 6.54 Å². The Morgan fingerprint density at radius 1 is 1.17 bits per heavy atom. The van der Waals surface area contributed by atoms with E-state index in [9.17, 15) is 10.1 Å². The lowest BCUT2D eigenvalue weighted by Crippen LogP contribution is -2.25. The first-order chi connectivity index (χ1) is 11.2. The van der Waals surface area contributed by atoms with Crippen molar-refractivity contribution in [2.24, 2.45) is 0 Å². The molecule has 0 radical (unpaired) electrons. The third-order valence-electron chi connectivity index (χ3n) is 3.71. The summed E-state index contributed by atoms with van der Waals surface area (Å²) in [5.74, 6) is 0.936. The number of carbonyl (C=O) groups is 1. The largest absolute Gasteiger partial charge is 0.456 e. The van der Waals surface area contributed by atoms with Gasteiger partial charge in [-0.05, 0) is 32.0 Å². The highest BCUT2D eigenvalue weighted by Crippen LogP contribution is 2.45. The molecule has 0 aromatic heterocycles. The number of aryl methyl sites for hydroxylation is 1. The zero-order valence-electron chi connectivity index (χ0n) is 13.0. The normalized spacial score (nSPS) is 14.0. The number of nitrogens with zero attached hydrogens (tertiary/aromatic N) is 1. The average molecular weight is 304 g/mol. The maximum Gasteiger partial charge on any atom is 0.262 e. The number of hydrogen-bond donors (Lipinski definition) is 1. The van der Waals surface area contributed by atoms with Crippen molar-refractivity contribution in [1.29, 1.82) is 5.26 Å². The lowest BCUT2D eigenvalue weighted by atomic mass is 9.89. The van der Waals surface area contributed by atoms with E-state index in [0.717, 1.165) is 16.7 Å². The molecule has 1 aliphatic heterocycles. The molecular weight excluding hydrogens is 288 g/mol. The summed E-state index contributed by atoms with van der Waals surface area (Å²) in [4.78, 5) is 12.3. The maximum absolute atomic E-state index is 12.3. The Hall–Kier alpha value is -3.06. The van der Waals surface area contributed by atoms with Crippen LogP contribution >= 0.6 is 0 Å². The number of hydrogen-bond acceptors (Lipinski definition) is 3. The summed E-state index contributed by atoms with van der Waals surface area (Å²) >= 11 is 0. The van der Waals surface area contributed by atoms with Crippen molar-refractivity contribution in [3.63, 3.8) is 0 Å². The van der Waals surface area contributed by atoms with Crippen molar-refractivity contribution in [3.05, 3.63) is 64.7 Å². The van der Waals surface area contributed by atoms with E-state index in [1.807, 2.05) is 56.3 Å². The van der Waals surface area contributed by atoms with Crippen molar-refractivity contribution >= 4 is 11.5 Å². The summed E-state index contributed by atoms with van der Waals surface area (Å²) in [7, 11) is 0. The van der Waals surface area contributed by atoms with E-state index in [1.54, 1.807) is 0 Å². The summed E-state index contributed by atoms with van der Waals surface area (Å²) in [6.07, 6.45) is 0. The van der Waals surface area contributed by atoms with Crippen LogP contribution in [0.15, 0.2) is 48.0 Å². The molecule has 114 valence electrons. The molecule has 0 fully saturated rings. The predicted octanol–water partition coefficient (Wildman–Crippen LogP) is 3.56. The Morgan fingerprint density at radius 3 is 2.65 bits per heavy atom. The molecule has 0 saturated heterocycles. The molecule has 0 bridgehead atoms. The minimum atomic E-state index is -0.367. The highest BCUT2D eigenvalue weighted by Gasteiger charge is 2.27. The van der Waals surface area contributed by atoms with Crippen LogP contribution in [0.1, 0.15) is 23.6 Å². The molecule has 0 atom stereocenters. The first kappa shape index (κ1) is 14.9. The lowest BCUT2D eigenvalue weighted by molar-refractivity contribution is -0.116. The number of nitrogens with one attached hydrogen (secondary N) is 1. The summed E-state index contributed by atoms with van der Waals surface area (Å²) in [5.41, 5.74) is 3.30. The third-order valence-corrected chi connectivity index (χ3v) is 3.71. The van der Waals surface area contributed by atoms with Gasteiger partial charge in [0.1, 0.15) is 23.1 Å². The van der Waals surface area contributed by atoms with Gasteiger partial charge in [0, 0.05) is 23.2 Å². The van der Waals surface area contributed by atoms with Crippen LogP contribution in [0.5, 0.6) is 11.5 Å². The molecule has 1 heterocycles. The van der Waals surface area contributed by atoms with Crippen LogP contribution in [-0.4, -0.2) is 12.5 Å². The Balaban J connectivity index is 2.33. The minimum absolute atomic E-state index is 0.106. The number of likely N-dealkylation sites (N-methyl/N-ethyl adjacent to an activating group) is 1. The van der Waals surface area contributed by atoms with Gasteiger partial charge >= 0.3 is 0 Å². The number of ether oxygens (including phenoxy) is 1. The van der Waals surface area contributed by atoms with Gasteiger partial charge < -0.3 is 10.1 Å². The van der Waals surface area contributed by atoms with E-state index in [4.69, 9.17) is 4.74 Å². The Labute approximate surface area is 135 Å². The molecule has 4 heteroatoms. The number of rotatable bonds is 2. The molecule has 23 heavy (non-hydrogen) atoms. The molecule has 4 nitrogen and oxygen atoms in total. The van der Waals surface area contributed by atoms with E-state index in [1.165, 1.54) is 0 Å². The van der Waals surface area contributed by atoms with Gasteiger partial charge in [-0.25, -0.2) is 0 Å². The van der Waals surface area contributed by atoms with Crippen LogP contribution in [0.2, 0.25) is 0 Å². The van der Waals surface area contributed by atoms with Crippen molar-refractivity contribution in [1.82, 2.24) is 5.32 Å². The van der Waals surface area contributed by atoms with Crippen LogP contribution in [0.3, 0.4) is 0 Å². The van der Waals surface area contributed by atoms with E-state index in [0.29, 0.717) is 23.6 Å². The quantitative estimate of drug-likeness (QED) is 0.581. The zero-order valence-corrected chi connectivity index (χ0v) is 13.0. The van der Waals surface area contributed by atoms with Crippen molar-refractivity contribution < 1.29 is 9.53 Å². The van der Waals surface area contributed by atoms with Crippen LogP contribution in [0, 0.1) is 18.3 Å². The molecule has 2 aromatic rings. The van der Waals surface area contributed by atoms with Crippen LogP contribution in [0.25, 0.3) is 5.57 Å². The number of fused-ring (bicyclic) bond motifs is 2. The summed E-state index contributed by atoms with van der Waals surface area (Å²) in [6, 6.07) is 15.3. The summed E-state index contributed by atoms with van der Waals surface area (Å²) < 4.78 is 5.92. The van der Waals surface area contributed by atoms with Gasteiger partial charge in [-0.2, -0.15) is 5.26 Å². The zero-order chi connectivity index (χ0) is 16.4. The van der Waals surface area contributed by atoms with Crippen LogP contribution in [0.4, 0.5) is 0 Å². The summed E-state index contributed by atoms with van der Waals surface area (Å²) in [6.45, 7) is 4.26. The van der Waals surface area contributed by atoms with Crippen LogP contribution in [-0.2, 0) is 4.79 Å². The second kappa shape index (κ2) is 5.98. The van der Waals surface area contributed by atoms with E-state index >= 15 is 0 Å². The smallest absolute Gasteiger partial charge is 0.262 e. The van der Waals surface area contributed by atoms with E-state index < -0.39 is 0 Å². The topological polar surface area (TPSA) is 62.1 Å². The second-order valence-electron chi connectivity index (χ2n) is 5.32. The van der Waals surface area contributed by atoms with E-state index in [2.05, 4.69) is 11.4 Å². The lowest BCUT2D eigenvalue weighted by Gasteiger charge is -2.24. The Bertz CT molecular complexity index is 860. The summed E-state index contributed by atoms with van der Waals surface area (Å²) in [5, 5.41) is 12.3. The van der Waals surface area contributed by atoms with Gasteiger partial charge in [0.15, 0.2) is 0 Å². The molecule has 3 rings (SSSR count). The first-order valence-electron chi connectivity index (χ1n) is 7.46. The van der Waals surface area contributed by atoms with Gasteiger partial charge in [-0.1, -0.05) is 29.8 Å². The molecular formula is C19H16N2O2. The van der Waals surface area contributed by atoms with Crippen molar-refractivity contribution in [2.45, 2.75) is 13.8 Å². The third kappa shape index (κ3) is 2.58. The van der Waals surface area contributed by atoms with Crippen molar-refractivity contribution in [3.8, 4) is 17.6 Å². The molecule has 0 aliphatic carbocycles. The Kier molecular flexibility index (Phi) is 3.86.